The zero-order valence-electron chi connectivity index (χ0n) is 21.9. The van der Waals surface area contributed by atoms with Gasteiger partial charge in [0, 0.05) is 38.4 Å². The van der Waals surface area contributed by atoms with Gasteiger partial charge in [0.2, 0.25) is 0 Å². The molecular formula is C25H33N7O4S. The molecule has 0 aliphatic carbocycles. The van der Waals surface area contributed by atoms with Crippen molar-refractivity contribution in [3.63, 3.8) is 0 Å². The highest BCUT2D eigenvalue weighted by molar-refractivity contribution is 7.82. The van der Waals surface area contributed by atoms with E-state index in [-0.39, 0.29) is 12.1 Å². The Labute approximate surface area is 219 Å². The first-order valence-corrected chi connectivity index (χ1v) is 13.6. The van der Waals surface area contributed by atoms with Crippen molar-refractivity contribution in [2.45, 2.75) is 57.7 Å². The van der Waals surface area contributed by atoms with Gasteiger partial charge in [-0.15, -0.1) is 0 Å². The third kappa shape index (κ3) is 5.26. The molecule has 1 amide bonds. The predicted molar refractivity (Wildman–Crippen MR) is 138 cm³/mol. The third-order valence-corrected chi connectivity index (χ3v) is 7.67. The average molecular weight is 528 g/mol. The zero-order chi connectivity index (χ0) is 26.3. The number of ether oxygens (including phenoxy) is 2. The van der Waals surface area contributed by atoms with Gasteiger partial charge < -0.3 is 18.9 Å². The molecule has 37 heavy (non-hydrogen) atoms. The standard InChI is InChI=1S/C25H33N7O4S/c1-17(2)32-23(26-16-27-32)20-15-30-12-13-35-21-7-6-18(14-19(21)22(30)28-20)37(34)31-10-8-29(9-11-31)24(33)36-25(3,4)5/h6-7,14-17H,8-13H2,1-5H3. The number of hydrogen-bond donors (Lipinski definition) is 0. The van der Waals surface area contributed by atoms with Gasteiger partial charge in [-0.1, -0.05) is 0 Å². The second kappa shape index (κ2) is 9.90. The maximum Gasteiger partial charge on any atom is 0.410 e. The van der Waals surface area contributed by atoms with Gasteiger partial charge in [-0.3, -0.25) is 0 Å². The van der Waals surface area contributed by atoms with Crippen LogP contribution in [0.15, 0.2) is 35.6 Å². The van der Waals surface area contributed by atoms with Crippen molar-refractivity contribution in [3.05, 3.63) is 30.7 Å². The first-order valence-electron chi connectivity index (χ1n) is 12.5. The molecule has 1 atom stereocenters. The van der Waals surface area contributed by atoms with Crippen molar-refractivity contribution in [2.75, 3.05) is 32.8 Å². The van der Waals surface area contributed by atoms with Crippen molar-refractivity contribution in [2.24, 2.45) is 0 Å². The summed E-state index contributed by atoms with van der Waals surface area (Å²) in [5.41, 5.74) is 0.980. The molecule has 11 nitrogen and oxygen atoms in total. The van der Waals surface area contributed by atoms with Gasteiger partial charge in [0.15, 0.2) is 5.82 Å². The molecule has 2 aliphatic heterocycles. The normalized spacial score (nSPS) is 17.1. The number of rotatable bonds is 4. The molecule has 198 valence electrons. The van der Waals surface area contributed by atoms with Gasteiger partial charge in [-0.05, 0) is 52.8 Å². The number of nitrogens with zero attached hydrogens (tertiary/aromatic N) is 7. The van der Waals surface area contributed by atoms with E-state index in [4.69, 9.17) is 14.5 Å². The molecule has 2 aromatic heterocycles. The molecule has 1 saturated heterocycles. The Kier molecular flexibility index (Phi) is 6.80. The fraction of sp³-hybridized carbons (Fsp3) is 0.520. The smallest absolute Gasteiger partial charge is 0.410 e. The zero-order valence-corrected chi connectivity index (χ0v) is 22.7. The largest absolute Gasteiger partial charge is 0.491 e. The van der Waals surface area contributed by atoms with Gasteiger partial charge in [-0.25, -0.2) is 28.0 Å². The van der Waals surface area contributed by atoms with Gasteiger partial charge >= 0.3 is 6.09 Å². The number of piperazine rings is 1. The molecule has 5 rings (SSSR count). The summed E-state index contributed by atoms with van der Waals surface area (Å²) >= 11 is 0. The van der Waals surface area contributed by atoms with Gasteiger partial charge in [0.25, 0.3) is 0 Å². The highest BCUT2D eigenvalue weighted by atomic mass is 32.2. The van der Waals surface area contributed by atoms with Gasteiger partial charge in [-0.2, -0.15) is 5.10 Å². The lowest BCUT2D eigenvalue weighted by molar-refractivity contribution is 0.0195. The van der Waals surface area contributed by atoms with E-state index in [1.54, 1.807) is 11.2 Å². The number of carbonyl (C=O) groups excluding carboxylic acids is 1. The SMILES string of the molecule is CC(C)n1ncnc1-c1cn2c(n1)-c1cc(S(=O)N3CCN(C(=O)OC(C)(C)C)CC3)ccc1OCC2. The Morgan fingerprint density at radius 2 is 1.86 bits per heavy atom. The summed E-state index contributed by atoms with van der Waals surface area (Å²) in [5.74, 6) is 2.16. The van der Waals surface area contributed by atoms with Crippen LogP contribution in [0.1, 0.15) is 40.7 Å². The molecule has 3 aromatic rings. The second-order valence-electron chi connectivity index (χ2n) is 10.4. The molecule has 4 heterocycles. The van der Waals surface area contributed by atoms with Crippen LogP contribution in [-0.4, -0.2) is 82.2 Å². The van der Waals surface area contributed by atoms with Crippen LogP contribution in [0.4, 0.5) is 4.79 Å². The van der Waals surface area contributed by atoms with Gasteiger partial charge in [0.05, 0.1) is 17.0 Å². The summed E-state index contributed by atoms with van der Waals surface area (Å²) in [7, 11) is -1.39. The molecule has 0 spiro atoms. The van der Waals surface area contributed by atoms with Crippen LogP contribution in [-0.2, 0) is 22.3 Å². The number of amides is 1. The quantitative estimate of drug-likeness (QED) is 0.512. The highest BCUT2D eigenvalue weighted by Crippen LogP contribution is 2.35. The molecule has 1 fully saturated rings. The first-order chi connectivity index (χ1) is 17.6. The summed E-state index contributed by atoms with van der Waals surface area (Å²) in [5, 5.41) is 4.34. The Hall–Kier alpha value is -3.25. The van der Waals surface area contributed by atoms with Crippen molar-refractivity contribution < 1.29 is 18.5 Å². The number of hydrogen-bond acceptors (Lipinski definition) is 7. The topological polar surface area (TPSA) is 108 Å². The van der Waals surface area contributed by atoms with E-state index in [2.05, 4.69) is 23.9 Å². The van der Waals surface area contributed by atoms with E-state index >= 15 is 0 Å². The Balaban J connectivity index is 1.37. The Bertz CT molecular complexity index is 1320. The fourth-order valence-corrected chi connectivity index (χ4v) is 5.60. The van der Waals surface area contributed by atoms with Crippen molar-refractivity contribution in [1.29, 1.82) is 0 Å². The lowest BCUT2D eigenvalue weighted by Crippen LogP contribution is -2.50. The average Bonchev–Trinajstić information content (AvgIpc) is 3.47. The molecule has 0 saturated carbocycles. The lowest BCUT2D eigenvalue weighted by atomic mass is 10.2. The van der Waals surface area contributed by atoms with Crippen molar-refractivity contribution in [1.82, 2.24) is 33.5 Å². The van der Waals surface area contributed by atoms with Crippen LogP contribution in [0.5, 0.6) is 5.75 Å². The van der Waals surface area contributed by atoms with Crippen LogP contribution in [0.2, 0.25) is 0 Å². The molecule has 0 radical (unpaired) electrons. The predicted octanol–water partition coefficient (Wildman–Crippen LogP) is 3.36. The van der Waals surface area contributed by atoms with Gasteiger partial charge in [0.1, 0.15) is 46.8 Å². The Morgan fingerprint density at radius 3 is 2.57 bits per heavy atom. The van der Waals surface area contributed by atoms with Crippen molar-refractivity contribution in [3.8, 4) is 28.7 Å². The van der Waals surface area contributed by atoms with E-state index in [9.17, 15) is 9.00 Å². The lowest BCUT2D eigenvalue weighted by Gasteiger charge is -2.34. The van der Waals surface area contributed by atoms with Crippen molar-refractivity contribution >= 4 is 17.1 Å². The number of imidazole rings is 1. The van der Waals surface area contributed by atoms with E-state index in [0.29, 0.717) is 55.8 Å². The van der Waals surface area contributed by atoms with E-state index in [1.165, 1.54) is 0 Å². The maximum atomic E-state index is 13.5. The molecule has 0 bridgehead atoms. The first kappa shape index (κ1) is 25.4. The van der Waals surface area contributed by atoms with Crippen LogP contribution in [0.25, 0.3) is 22.9 Å². The molecular weight excluding hydrogens is 494 g/mol. The second-order valence-corrected chi connectivity index (χ2v) is 11.9. The summed E-state index contributed by atoms with van der Waals surface area (Å²) < 4.78 is 30.7. The minimum atomic E-state index is -1.39. The van der Waals surface area contributed by atoms with E-state index < -0.39 is 16.6 Å². The van der Waals surface area contributed by atoms with Crippen LogP contribution < -0.4 is 4.74 Å². The maximum absolute atomic E-state index is 13.5. The number of aromatic nitrogens is 5. The molecule has 1 unspecified atom stereocenters. The third-order valence-electron chi connectivity index (χ3n) is 6.18. The van der Waals surface area contributed by atoms with Crippen LogP contribution >= 0.6 is 0 Å². The highest BCUT2D eigenvalue weighted by Gasteiger charge is 2.29. The summed E-state index contributed by atoms with van der Waals surface area (Å²) in [6.07, 6.45) is 3.17. The summed E-state index contributed by atoms with van der Waals surface area (Å²) in [6.45, 7) is 12.7. The fourth-order valence-electron chi connectivity index (χ4n) is 4.40. The summed E-state index contributed by atoms with van der Waals surface area (Å²) in [6, 6.07) is 5.75. The monoisotopic (exact) mass is 527 g/mol. The molecule has 0 N–H and O–H groups in total. The molecule has 2 aliphatic rings. The summed E-state index contributed by atoms with van der Waals surface area (Å²) in [4.78, 5) is 24.0. The van der Waals surface area contributed by atoms with Crippen LogP contribution in [0.3, 0.4) is 0 Å². The van der Waals surface area contributed by atoms with E-state index in [1.807, 2.05) is 58.7 Å². The van der Waals surface area contributed by atoms with E-state index in [0.717, 1.165) is 17.1 Å². The molecule has 12 heteroatoms. The number of fused-ring (bicyclic) bond motifs is 3. The molecule has 1 aromatic carbocycles. The minimum Gasteiger partial charge on any atom is -0.491 e. The number of benzene rings is 1. The Morgan fingerprint density at radius 1 is 1.11 bits per heavy atom. The number of carbonyl (C=O) groups is 1. The minimum absolute atomic E-state index is 0.152. The van der Waals surface area contributed by atoms with Crippen LogP contribution in [0, 0.1) is 0 Å².